The van der Waals surface area contributed by atoms with Gasteiger partial charge in [-0.05, 0) is 104 Å². The van der Waals surface area contributed by atoms with Crippen LogP contribution in [0, 0.1) is 0 Å². The first-order chi connectivity index (χ1) is 29.3. The summed E-state index contributed by atoms with van der Waals surface area (Å²) < 4.78 is 5.35. The van der Waals surface area contributed by atoms with Crippen molar-refractivity contribution in [1.82, 2.24) is 0 Å². The maximum absolute atomic E-state index is 2.55. The van der Waals surface area contributed by atoms with E-state index in [2.05, 4.69) is 207 Å². The van der Waals surface area contributed by atoms with Crippen molar-refractivity contribution >= 4 is 119 Å². The predicted molar refractivity (Wildman–Crippen MR) is 261 cm³/mol. The van der Waals surface area contributed by atoms with Gasteiger partial charge in [0.15, 0.2) is 0 Å². The van der Waals surface area contributed by atoms with E-state index in [0.29, 0.717) is 0 Å². The largest absolute Gasteiger partial charge is 0.308 e. The fourth-order valence-corrected chi connectivity index (χ4v) is 13.2. The summed E-state index contributed by atoms with van der Waals surface area (Å²) in [6.07, 6.45) is 0. The third kappa shape index (κ3) is 4.58. The predicted octanol–water partition coefficient (Wildman–Crippen LogP) is 16.9. The highest BCUT2D eigenvalue weighted by Gasteiger charge is 2.41. The first kappa shape index (κ1) is 34.4. The van der Waals surface area contributed by atoms with Gasteiger partial charge in [0, 0.05) is 53.1 Å². The van der Waals surface area contributed by atoms with E-state index in [9.17, 15) is 0 Å². The molecular weight excluding hydrogens is 765 g/mol. The minimum Gasteiger partial charge on any atom is -0.308 e. The molecule has 0 N–H and O–H groups in total. The Morgan fingerprint density at radius 3 is 1.12 bits per heavy atom. The molecule has 0 saturated carbocycles. The van der Waals surface area contributed by atoms with Crippen LogP contribution < -0.4 is 9.80 Å². The second-order valence-electron chi connectivity index (χ2n) is 17.8. The number of rotatable bonds is 2. The van der Waals surface area contributed by atoms with Crippen LogP contribution in [-0.2, 0) is 10.8 Å². The maximum Gasteiger partial charge on any atom is 0.0681 e. The molecule has 0 atom stereocenters. The third-order valence-electron chi connectivity index (χ3n) is 13.7. The molecule has 60 heavy (non-hydrogen) atoms. The Morgan fingerprint density at radius 2 is 0.717 bits per heavy atom. The molecule has 0 spiro atoms. The van der Waals surface area contributed by atoms with Crippen LogP contribution in [0.1, 0.15) is 49.9 Å². The van der Waals surface area contributed by atoms with Crippen LogP contribution in [0.3, 0.4) is 0 Å². The Labute approximate surface area is 357 Å². The zero-order valence-corrected chi connectivity index (χ0v) is 35.5. The van der Waals surface area contributed by atoms with Crippen molar-refractivity contribution in [2.24, 2.45) is 0 Å². The number of anilines is 6. The lowest BCUT2D eigenvalue weighted by Gasteiger charge is -2.42. The number of fused-ring (bicyclic) bond motifs is 14. The lowest BCUT2D eigenvalue weighted by atomic mass is 9.72. The molecule has 2 aliphatic rings. The molecule has 0 fully saturated rings. The van der Waals surface area contributed by atoms with Gasteiger partial charge in [-0.1, -0.05) is 137 Å². The van der Waals surface area contributed by atoms with Crippen LogP contribution in [0.4, 0.5) is 34.1 Å². The van der Waals surface area contributed by atoms with E-state index in [-0.39, 0.29) is 10.8 Å². The van der Waals surface area contributed by atoms with Gasteiger partial charge in [0.1, 0.15) is 0 Å². The summed E-state index contributed by atoms with van der Waals surface area (Å²) in [5.41, 5.74) is 12.6. The Morgan fingerprint density at radius 1 is 0.350 bits per heavy atom. The van der Waals surface area contributed by atoms with Gasteiger partial charge >= 0.3 is 0 Å². The van der Waals surface area contributed by atoms with Crippen molar-refractivity contribution in [3.8, 4) is 0 Å². The second kappa shape index (κ2) is 12.1. The van der Waals surface area contributed by atoms with Gasteiger partial charge in [-0.2, -0.15) is 0 Å². The molecule has 4 heteroatoms. The summed E-state index contributed by atoms with van der Waals surface area (Å²) >= 11 is 3.90. The van der Waals surface area contributed by atoms with Crippen molar-refractivity contribution in [1.29, 1.82) is 0 Å². The summed E-state index contributed by atoms with van der Waals surface area (Å²) in [6.45, 7) is 9.63. The second-order valence-corrected chi connectivity index (χ2v) is 19.9. The van der Waals surface area contributed by atoms with E-state index in [0.717, 1.165) is 0 Å². The molecule has 2 aromatic heterocycles. The fourth-order valence-electron chi connectivity index (χ4n) is 10.6. The minimum atomic E-state index is -0.191. The Bertz CT molecular complexity index is 3370. The van der Waals surface area contributed by atoms with E-state index in [1.165, 1.54) is 118 Å². The molecule has 0 bridgehead atoms. The smallest absolute Gasteiger partial charge is 0.0681 e. The van der Waals surface area contributed by atoms with E-state index in [1.807, 2.05) is 22.7 Å². The molecule has 286 valence electrons. The van der Waals surface area contributed by atoms with E-state index < -0.39 is 0 Å². The van der Waals surface area contributed by atoms with Crippen LogP contribution in [-0.4, -0.2) is 0 Å². The molecule has 0 aliphatic carbocycles. The third-order valence-corrected chi connectivity index (χ3v) is 16.1. The number of benzene rings is 9. The van der Waals surface area contributed by atoms with Crippen molar-refractivity contribution < 1.29 is 0 Å². The minimum absolute atomic E-state index is 0.191. The normalized spacial score (nSPS) is 15.2. The SMILES string of the molecule is CC1(C)c2cc3ccccc3cc2N(c2ccccc2)c2c1ccc1c2sc2cc3c(cc21)sc1c2c(ccc13)C(C)(C)c1cc3ccccc3cc1N2c1ccccc1. The molecule has 0 amide bonds. The molecule has 2 nitrogen and oxygen atoms in total. The van der Waals surface area contributed by atoms with Gasteiger partial charge < -0.3 is 9.80 Å². The number of nitrogens with zero attached hydrogens (tertiary/aromatic N) is 2. The zero-order chi connectivity index (χ0) is 40.1. The first-order valence-electron chi connectivity index (χ1n) is 20.9. The first-order valence-corrected chi connectivity index (χ1v) is 22.6. The average Bonchev–Trinajstić information content (AvgIpc) is 3.83. The van der Waals surface area contributed by atoms with Crippen molar-refractivity contribution in [2.75, 3.05) is 9.80 Å². The standard InChI is InChI=1S/C56H40N2S2/c1-55(2)43-25-23-39-41-31-50-42(32-49(41)59-53(39)51(43)57(37-19-7-5-8-20-37)47-29-35-17-13-11-15-33(35)27-45(47)55)40-24-26-44-52(54(40)60-50)58(38-21-9-6-10-22-38)48-30-36-18-14-12-16-34(36)28-46(48)56(44,3)4/h5-32H,1-4H3. The Balaban J connectivity index is 1.06. The average molecular weight is 805 g/mol. The lowest BCUT2D eigenvalue weighted by molar-refractivity contribution is 0.634. The summed E-state index contributed by atoms with van der Waals surface area (Å²) in [6, 6.07) is 63.9. The van der Waals surface area contributed by atoms with Crippen LogP contribution >= 0.6 is 22.7 Å². The monoisotopic (exact) mass is 804 g/mol. The van der Waals surface area contributed by atoms with Crippen LogP contribution in [0.2, 0.25) is 0 Å². The molecule has 0 unspecified atom stereocenters. The molecule has 0 radical (unpaired) electrons. The van der Waals surface area contributed by atoms with Crippen molar-refractivity contribution in [3.05, 3.63) is 192 Å². The highest BCUT2D eigenvalue weighted by Crippen LogP contribution is 2.59. The quantitative estimate of drug-likeness (QED) is 0.172. The van der Waals surface area contributed by atoms with E-state index in [4.69, 9.17) is 0 Å². The molecule has 2 aliphatic heterocycles. The summed E-state index contributed by atoms with van der Waals surface area (Å²) in [7, 11) is 0. The topological polar surface area (TPSA) is 6.48 Å². The van der Waals surface area contributed by atoms with E-state index >= 15 is 0 Å². The molecule has 9 aromatic carbocycles. The van der Waals surface area contributed by atoms with Gasteiger partial charge in [0.05, 0.1) is 32.1 Å². The number of hydrogen-bond donors (Lipinski definition) is 0. The van der Waals surface area contributed by atoms with Gasteiger partial charge in [-0.15, -0.1) is 22.7 Å². The number of thiophene rings is 2. The highest BCUT2D eigenvalue weighted by atomic mass is 32.1. The van der Waals surface area contributed by atoms with Crippen molar-refractivity contribution in [2.45, 2.75) is 38.5 Å². The van der Waals surface area contributed by atoms with Gasteiger partial charge in [0.25, 0.3) is 0 Å². The maximum atomic E-state index is 2.55. The molecule has 4 heterocycles. The molecule has 0 saturated heterocycles. The van der Waals surface area contributed by atoms with Gasteiger partial charge in [-0.25, -0.2) is 0 Å². The summed E-state index contributed by atoms with van der Waals surface area (Å²) in [4.78, 5) is 5.09. The fraction of sp³-hybridized carbons (Fsp3) is 0.107. The highest BCUT2D eigenvalue weighted by molar-refractivity contribution is 7.28. The molecular formula is C56H40N2S2. The molecule has 13 rings (SSSR count). The zero-order valence-electron chi connectivity index (χ0n) is 33.9. The van der Waals surface area contributed by atoms with Crippen LogP contribution in [0.5, 0.6) is 0 Å². The lowest BCUT2D eigenvalue weighted by Crippen LogP contribution is -2.30. The van der Waals surface area contributed by atoms with Crippen molar-refractivity contribution in [3.63, 3.8) is 0 Å². The summed E-state index contributed by atoms with van der Waals surface area (Å²) in [5.74, 6) is 0. The Kier molecular flexibility index (Phi) is 6.92. The molecule has 11 aromatic rings. The van der Waals surface area contributed by atoms with Crippen LogP contribution in [0.15, 0.2) is 170 Å². The van der Waals surface area contributed by atoms with E-state index in [1.54, 1.807) is 0 Å². The van der Waals surface area contributed by atoms with Gasteiger partial charge in [0.2, 0.25) is 0 Å². The van der Waals surface area contributed by atoms with Gasteiger partial charge in [-0.3, -0.25) is 0 Å². The van der Waals surface area contributed by atoms with Crippen LogP contribution in [0.25, 0.3) is 61.9 Å². The summed E-state index contributed by atoms with van der Waals surface area (Å²) in [5, 5.41) is 10.4. The Hall–Kier alpha value is -6.46. The number of para-hydroxylation sites is 2. The number of hydrogen-bond acceptors (Lipinski definition) is 4.